The Bertz CT molecular complexity index is 523. The summed E-state index contributed by atoms with van der Waals surface area (Å²) in [5.41, 5.74) is 1.84. The fraction of sp³-hybridized carbons (Fsp3) is 0.250. The zero-order valence-electron chi connectivity index (χ0n) is 10.8. The van der Waals surface area contributed by atoms with Crippen LogP contribution in [0.2, 0.25) is 0 Å². The third kappa shape index (κ3) is 4.07. The van der Waals surface area contributed by atoms with E-state index in [1.807, 2.05) is 31.2 Å². The zero-order valence-corrected chi connectivity index (χ0v) is 10.8. The van der Waals surface area contributed by atoms with Gasteiger partial charge in [-0.05, 0) is 42.3 Å². The third-order valence-corrected chi connectivity index (χ3v) is 2.90. The van der Waals surface area contributed by atoms with Crippen molar-refractivity contribution in [1.29, 1.82) is 0 Å². The Balaban J connectivity index is 1.84. The Morgan fingerprint density at radius 1 is 1.16 bits per heavy atom. The van der Waals surface area contributed by atoms with Crippen LogP contribution in [0.5, 0.6) is 5.75 Å². The summed E-state index contributed by atoms with van der Waals surface area (Å²) in [5, 5.41) is 9.94. The topological polar surface area (TPSA) is 29.5 Å². The lowest BCUT2D eigenvalue weighted by Crippen LogP contribution is -2.05. The second kappa shape index (κ2) is 6.34. The lowest BCUT2D eigenvalue weighted by atomic mass is 10.1. The Morgan fingerprint density at radius 3 is 2.58 bits per heavy atom. The van der Waals surface area contributed by atoms with E-state index in [0.29, 0.717) is 18.6 Å². The van der Waals surface area contributed by atoms with Gasteiger partial charge in [-0.25, -0.2) is 4.39 Å². The van der Waals surface area contributed by atoms with E-state index in [2.05, 4.69) is 0 Å². The molecule has 2 rings (SSSR count). The highest BCUT2D eigenvalue weighted by molar-refractivity contribution is 5.27. The molecule has 0 aromatic heterocycles. The molecule has 0 aliphatic rings. The van der Waals surface area contributed by atoms with Gasteiger partial charge in [-0.15, -0.1) is 0 Å². The standard InChI is InChI=1S/C16H17FO2/c1-12-3-2-4-15(11-12)19-10-9-16(18)13-5-7-14(17)8-6-13/h2-8,11,16,18H,9-10H2,1H3. The van der Waals surface area contributed by atoms with Crippen molar-refractivity contribution in [3.63, 3.8) is 0 Å². The van der Waals surface area contributed by atoms with Crippen molar-refractivity contribution in [2.75, 3.05) is 6.61 Å². The van der Waals surface area contributed by atoms with Crippen molar-refractivity contribution in [3.05, 3.63) is 65.5 Å². The molecule has 0 saturated heterocycles. The molecular formula is C16H17FO2. The summed E-state index contributed by atoms with van der Waals surface area (Å²) in [6.45, 7) is 2.42. The van der Waals surface area contributed by atoms with Gasteiger partial charge in [-0.1, -0.05) is 24.3 Å². The summed E-state index contributed by atoms with van der Waals surface area (Å²) in [6.07, 6.45) is -0.162. The number of benzene rings is 2. The van der Waals surface area contributed by atoms with Crippen LogP contribution in [0.3, 0.4) is 0 Å². The van der Waals surface area contributed by atoms with Crippen molar-refractivity contribution >= 4 is 0 Å². The molecule has 0 bridgehead atoms. The molecule has 0 amide bonds. The van der Waals surface area contributed by atoms with Gasteiger partial charge < -0.3 is 9.84 Å². The van der Waals surface area contributed by atoms with Gasteiger partial charge in [0.15, 0.2) is 0 Å². The fourth-order valence-corrected chi connectivity index (χ4v) is 1.85. The normalized spacial score (nSPS) is 12.2. The van der Waals surface area contributed by atoms with Gasteiger partial charge in [0.2, 0.25) is 0 Å². The van der Waals surface area contributed by atoms with E-state index >= 15 is 0 Å². The first-order chi connectivity index (χ1) is 9.15. The molecule has 2 aromatic rings. The number of hydrogen-bond donors (Lipinski definition) is 1. The minimum absolute atomic E-state index is 0.299. The summed E-state index contributed by atoms with van der Waals surface area (Å²) in [6, 6.07) is 13.6. The molecule has 0 heterocycles. The van der Waals surface area contributed by atoms with Crippen LogP contribution in [-0.4, -0.2) is 11.7 Å². The van der Waals surface area contributed by atoms with Crippen LogP contribution in [0.1, 0.15) is 23.7 Å². The molecule has 0 spiro atoms. The summed E-state index contributed by atoms with van der Waals surface area (Å²) >= 11 is 0. The smallest absolute Gasteiger partial charge is 0.123 e. The van der Waals surface area contributed by atoms with Gasteiger partial charge in [-0.2, -0.15) is 0 Å². The van der Waals surface area contributed by atoms with E-state index in [-0.39, 0.29) is 5.82 Å². The Hall–Kier alpha value is -1.87. The Morgan fingerprint density at radius 2 is 1.89 bits per heavy atom. The number of ether oxygens (including phenoxy) is 1. The van der Waals surface area contributed by atoms with Crippen LogP contribution in [0.25, 0.3) is 0 Å². The third-order valence-electron chi connectivity index (χ3n) is 2.90. The van der Waals surface area contributed by atoms with Gasteiger partial charge in [0.05, 0.1) is 12.7 Å². The maximum atomic E-state index is 12.8. The van der Waals surface area contributed by atoms with Gasteiger partial charge >= 0.3 is 0 Å². The van der Waals surface area contributed by atoms with Crippen LogP contribution < -0.4 is 4.74 Å². The van der Waals surface area contributed by atoms with Crippen LogP contribution >= 0.6 is 0 Å². The molecule has 2 nitrogen and oxygen atoms in total. The summed E-state index contributed by atoms with van der Waals surface area (Å²) in [7, 11) is 0. The predicted molar refractivity (Wildman–Crippen MR) is 72.7 cm³/mol. The number of hydrogen-bond acceptors (Lipinski definition) is 2. The van der Waals surface area contributed by atoms with E-state index in [4.69, 9.17) is 4.74 Å². The van der Waals surface area contributed by atoms with E-state index in [0.717, 1.165) is 11.3 Å². The molecule has 0 radical (unpaired) electrons. The largest absolute Gasteiger partial charge is 0.493 e. The molecule has 2 aromatic carbocycles. The van der Waals surface area contributed by atoms with Gasteiger partial charge in [0, 0.05) is 6.42 Å². The second-order valence-electron chi connectivity index (χ2n) is 4.52. The average molecular weight is 260 g/mol. The first-order valence-electron chi connectivity index (χ1n) is 6.28. The second-order valence-corrected chi connectivity index (χ2v) is 4.52. The highest BCUT2D eigenvalue weighted by Crippen LogP contribution is 2.18. The van der Waals surface area contributed by atoms with Gasteiger partial charge in [0.1, 0.15) is 11.6 Å². The highest BCUT2D eigenvalue weighted by Gasteiger charge is 2.07. The SMILES string of the molecule is Cc1cccc(OCCC(O)c2ccc(F)cc2)c1. The zero-order chi connectivity index (χ0) is 13.7. The minimum atomic E-state index is -0.634. The molecule has 100 valence electrons. The molecule has 1 N–H and O–H groups in total. The monoisotopic (exact) mass is 260 g/mol. The summed E-state index contributed by atoms with van der Waals surface area (Å²) in [4.78, 5) is 0. The molecule has 0 aliphatic heterocycles. The summed E-state index contributed by atoms with van der Waals surface area (Å²) < 4.78 is 18.3. The predicted octanol–water partition coefficient (Wildman–Crippen LogP) is 3.64. The van der Waals surface area contributed by atoms with E-state index in [1.165, 1.54) is 12.1 Å². The number of aryl methyl sites for hydroxylation is 1. The van der Waals surface area contributed by atoms with Crippen LogP contribution in [0, 0.1) is 12.7 Å². The molecule has 3 heteroatoms. The van der Waals surface area contributed by atoms with Gasteiger partial charge in [-0.3, -0.25) is 0 Å². The lowest BCUT2D eigenvalue weighted by molar-refractivity contribution is 0.140. The number of halogens is 1. The highest BCUT2D eigenvalue weighted by atomic mass is 19.1. The minimum Gasteiger partial charge on any atom is -0.493 e. The molecule has 0 fully saturated rings. The van der Waals surface area contributed by atoms with Crippen molar-refractivity contribution < 1.29 is 14.2 Å². The first kappa shape index (κ1) is 13.6. The molecule has 19 heavy (non-hydrogen) atoms. The van der Waals surface area contributed by atoms with Crippen molar-refractivity contribution in [1.82, 2.24) is 0 Å². The average Bonchev–Trinajstić information content (AvgIpc) is 2.39. The van der Waals surface area contributed by atoms with Crippen molar-refractivity contribution in [2.24, 2.45) is 0 Å². The Kier molecular flexibility index (Phi) is 4.53. The first-order valence-corrected chi connectivity index (χ1v) is 6.28. The molecule has 0 aliphatic carbocycles. The maximum absolute atomic E-state index is 12.8. The molecule has 0 saturated carbocycles. The van der Waals surface area contributed by atoms with Crippen LogP contribution in [0.4, 0.5) is 4.39 Å². The molecule has 1 atom stereocenters. The quantitative estimate of drug-likeness (QED) is 0.889. The maximum Gasteiger partial charge on any atom is 0.123 e. The molecule has 1 unspecified atom stereocenters. The van der Waals surface area contributed by atoms with E-state index in [9.17, 15) is 9.50 Å². The number of aliphatic hydroxyl groups excluding tert-OH is 1. The van der Waals surface area contributed by atoms with Crippen molar-refractivity contribution in [2.45, 2.75) is 19.4 Å². The Labute approximate surface area is 112 Å². The van der Waals surface area contributed by atoms with Crippen LogP contribution in [0.15, 0.2) is 48.5 Å². The van der Waals surface area contributed by atoms with E-state index < -0.39 is 6.10 Å². The van der Waals surface area contributed by atoms with Crippen LogP contribution in [-0.2, 0) is 0 Å². The number of aliphatic hydroxyl groups is 1. The van der Waals surface area contributed by atoms with E-state index in [1.54, 1.807) is 12.1 Å². The number of rotatable bonds is 5. The lowest BCUT2D eigenvalue weighted by Gasteiger charge is -2.12. The fourth-order valence-electron chi connectivity index (χ4n) is 1.85. The van der Waals surface area contributed by atoms with Gasteiger partial charge in [0.25, 0.3) is 0 Å². The van der Waals surface area contributed by atoms with Crippen molar-refractivity contribution in [3.8, 4) is 5.75 Å². The molecular weight excluding hydrogens is 243 g/mol. The summed E-state index contributed by atoms with van der Waals surface area (Å²) in [5.74, 6) is 0.498.